The summed E-state index contributed by atoms with van der Waals surface area (Å²) >= 11 is 0. The Morgan fingerprint density at radius 3 is 2.36 bits per heavy atom. The van der Waals surface area contributed by atoms with Gasteiger partial charge in [0, 0.05) is 40.3 Å². The average Bonchev–Trinajstić information content (AvgIpc) is 2.38. The first-order valence-electron chi connectivity index (χ1n) is 7.22. The van der Waals surface area contributed by atoms with Gasteiger partial charge in [-0.05, 0) is 24.1 Å². The van der Waals surface area contributed by atoms with Crippen LogP contribution in [-0.2, 0) is 11.3 Å². The van der Waals surface area contributed by atoms with Crippen LogP contribution in [0.1, 0.15) is 25.3 Å². The number of hydrogen-bond acceptors (Lipinski definition) is 2. The van der Waals surface area contributed by atoms with E-state index >= 15 is 0 Å². The van der Waals surface area contributed by atoms with Gasteiger partial charge in [0.2, 0.25) is 5.91 Å². The van der Waals surface area contributed by atoms with E-state index in [0.717, 1.165) is 23.6 Å². The van der Waals surface area contributed by atoms with E-state index in [0.29, 0.717) is 13.0 Å². The molecule has 1 amide bonds. The molecule has 1 aromatic carbocycles. The second-order valence-corrected chi connectivity index (χ2v) is 5.40. The maximum atomic E-state index is 11.6. The third-order valence-corrected chi connectivity index (χ3v) is 2.89. The Bertz CT molecular complexity index is 491. The highest BCUT2D eigenvalue weighted by Crippen LogP contribution is 2.12. The summed E-state index contributed by atoms with van der Waals surface area (Å²) in [7, 11) is 7.89. The molecule has 0 aliphatic rings. The molecular weight excluding hydrogens is 391 g/mol. The van der Waals surface area contributed by atoms with E-state index in [1.807, 2.05) is 69.2 Å². The highest BCUT2D eigenvalue weighted by Gasteiger charge is 2.05. The first kappa shape index (κ1) is 20.7. The fourth-order valence-corrected chi connectivity index (χ4v) is 2.04. The summed E-state index contributed by atoms with van der Waals surface area (Å²) in [5.74, 6) is 0.968. The molecule has 1 rings (SSSR count). The van der Waals surface area contributed by atoms with E-state index < -0.39 is 0 Å². The zero-order valence-electron chi connectivity index (χ0n) is 14.1. The number of carbonyl (C=O) groups excluding carboxylic acids is 1. The number of carbonyl (C=O) groups is 1. The van der Waals surface area contributed by atoms with Gasteiger partial charge in [0.05, 0.1) is 6.54 Å². The monoisotopic (exact) mass is 418 g/mol. The van der Waals surface area contributed by atoms with Gasteiger partial charge in [-0.25, -0.2) is 4.99 Å². The van der Waals surface area contributed by atoms with Crippen molar-refractivity contribution >= 4 is 41.5 Å². The molecule has 0 heterocycles. The first-order valence-corrected chi connectivity index (χ1v) is 7.22. The highest BCUT2D eigenvalue weighted by molar-refractivity contribution is 14.0. The van der Waals surface area contributed by atoms with Gasteiger partial charge in [0.15, 0.2) is 5.96 Å². The molecule has 0 aliphatic carbocycles. The SMILES string of the molecule is CCCC(=O)Nc1cccc(CN=C(N(C)C)N(C)C)c1.I. The number of nitrogens with one attached hydrogen (secondary N) is 1. The Kier molecular flexibility index (Phi) is 9.80. The molecule has 22 heavy (non-hydrogen) atoms. The van der Waals surface area contributed by atoms with Crippen molar-refractivity contribution in [2.75, 3.05) is 33.5 Å². The van der Waals surface area contributed by atoms with Gasteiger partial charge in [-0.15, -0.1) is 24.0 Å². The topological polar surface area (TPSA) is 47.9 Å². The molecule has 0 radical (unpaired) electrons. The first-order chi connectivity index (χ1) is 9.93. The van der Waals surface area contributed by atoms with Crippen LogP contribution < -0.4 is 5.32 Å². The molecule has 0 fully saturated rings. The fraction of sp³-hybridized carbons (Fsp3) is 0.500. The second kappa shape index (κ2) is 10.4. The fourth-order valence-electron chi connectivity index (χ4n) is 2.04. The van der Waals surface area contributed by atoms with Crippen molar-refractivity contribution in [1.82, 2.24) is 9.80 Å². The van der Waals surface area contributed by atoms with E-state index in [1.54, 1.807) is 0 Å². The minimum absolute atomic E-state index is 0. The Morgan fingerprint density at radius 1 is 1.18 bits per heavy atom. The molecule has 0 saturated heterocycles. The van der Waals surface area contributed by atoms with Crippen LogP contribution in [0.4, 0.5) is 5.69 Å². The van der Waals surface area contributed by atoms with Crippen molar-refractivity contribution in [2.24, 2.45) is 4.99 Å². The maximum Gasteiger partial charge on any atom is 0.224 e. The quantitative estimate of drug-likeness (QED) is 0.455. The van der Waals surface area contributed by atoms with Crippen molar-refractivity contribution in [3.8, 4) is 0 Å². The molecular formula is C16H27IN4O. The maximum absolute atomic E-state index is 11.6. The molecule has 1 N–H and O–H groups in total. The standard InChI is InChI=1S/C16H26N4O.HI/c1-6-8-15(21)18-14-10-7-9-13(11-14)12-17-16(19(2)3)20(4)5;/h7,9-11H,6,8,12H2,1-5H3,(H,18,21);1H. The number of hydrogen-bond donors (Lipinski definition) is 1. The molecule has 0 saturated carbocycles. The van der Waals surface area contributed by atoms with Gasteiger partial charge in [-0.2, -0.15) is 0 Å². The van der Waals surface area contributed by atoms with E-state index in [-0.39, 0.29) is 29.9 Å². The highest BCUT2D eigenvalue weighted by atomic mass is 127. The van der Waals surface area contributed by atoms with Crippen LogP contribution in [0.25, 0.3) is 0 Å². The third-order valence-electron chi connectivity index (χ3n) is 2.89. The predicted octanol–water partition coefficient (Wildman–Crippen LogP) is 3.02. The summed E-state index contributed by atoms with van der Waals surface area (Å²) in [6.45, 7) is 2.58. The summed E-state index contributed by atoms with van der Waals surface area (Å²) < 4.78 is 0. The van der Waals surface area contributed by atoms with Crippen LogP contribution in [0.2, 0.25) is 0 Å². The van der Waals surface area contributed by atoms with Crippen molar-refractivity contribution in [1.29, 1.82) is 0 Å². The Labute approximate surface area is 150 Å². The van der Waals surface area contributed by atoms with Crippen LogP contribution in [0.15, 0.2) is 29.3 Å². The number of rotatable bonds is 5. The molecule has 0 atom stereocenters. The minimum Gasteiger partial charge on any atom is -0.349 e. The zero-order valence-corrected chi connectivity index (χ0v) is 16.4. The van der Waals surface area contributed by atoms with Crippen LogP contribution in [0.5, 0.6) is 0 Å². The van der Waals surface area contributed by atoms with Crippen molar-refractivity contribution < 1.29 is 4.79 Å². The summed E-state index contributed by atoms with van der Waals surface area (Å²) in [5, 5.41) is 2.91. The Hall–Kier alpha value is -1.31. The van der Waals surface area contributed by atoms with E-state index in [2.05, 4.69) is 10.3 Å². The second-order valence-electron chi connectivity index (χ2n) is 5.40. The number of nitrogens with zero attached hydrogens (tertiary/aromatic N) is 3. The molecule has 5 nitrogen and oxygen atoms in total. The molecule has 0 aromatic heterocycles. The third kappa shape index (κ3) is 7.11. The molecule has 0 unspecified atom stereocenters. The molecule has 0 aliphatic heterocycles. The van der Waals surface area contributed by atoms with Crippen LogP contribution in [-0.4, -0.2) is 49.9 Å². The molecule has 124 valence electrons. The summed E-state index contributed by atoms with van der Waals surface area (Å²) in [4.78, 5) is 20.2. The summed E-state index contributed by atoms with van der Waals surface area (Å²) in [5.41, 5.74) is 1.91. The lowest BCUT2D eigenvalue weighted by molar-refractivity contribution is -0.116. The number of aliphatic imine (C=N–C) groups is 1. The predicted molar refractivity (Wildman–Crippen MR) is 104 cm³/mol. The lowest BCUT2D eigenvalue weighted by Gasteiger charge is -2.22. The summed E-state index contributed by atoms with van der Waals surface area (Å²) in [6, 6.07) is 7.83. The number of guanidine groups is 1. The lowest BCUT2D eigenvalue weighted by Crippen LogP contribution is -2.35. The van der Waals surface area contributed by atoms with E-state index in [1.165, 1.54) is 0 Å². The van der Waals surface area contributed by atoms with Crippen molar-refractivity contribution in [2.45, 2.75) is 26.3 Å². The van der Waals surface area contributed by atoms with E-state index in [9.17, 15) is 4.79 Å². The zero-order chi connectivity index (χ0) is 15.8. The number of anilines is 1. The Morgan fingerprint density at radius 2 is 1.82 bits per heavy atom. The number of halogens is 1. The van der Waals surface area contributed by atoms with Gasteiger partial charge < -0.3 is 15.1 Å². The minimum atomic E-state index is 0. The van der Waals surface area contributed by atoms with Gasteiger partial charge in [-0.3, -0.25) is 4.79 Å². The average molecular weight is 418 g/mol. The van der Waals surface area contributed by atoms with Crippen molar-refractivity contribution in [3.63, 3.8) is 0 Å². The van der Waals surface area contributed by atoms with Crippen molar-refractivity contribution in [3.05, 3.63) is 29.8 Å². The van der Waals surface area contributed by atoms with Crippen LogP contribution >= 0.6 is 24.0 Å². The Balaban J connectivity index is 0.00000441. The molecule has 0 bridgehead atoms. The van der Waals surface area contributed by atoms with Gasteiger partial charge >= 0.3 is 0 Å². The van der Waals surface area contributed by atoms with Crippen LogP contribution in [0.3, 0.4) is 0 Å². The van der Waals surface area contributed by atoms with Gasteiger partial charge in [0.1, 0.15) is 0 Å². The molecule has 6 heteroatoms. The summed E-state index contributed by atoms with van der Waals surface area (Å²) in [6.07, 6.45) is 1.40. The largest absolute Gasteiger partial charge is 0.349 e. The van der Waals surface area contributed by atoms with Gasteiger partial charge in [-0.1, -0.05) is 19.1 Å². The van der Waals surface area contributed by atoms with E-state index in [4.69, 9.17) is 0 Å². The normalized spacial score (nSPS) is 9.50. The smallest absolute Gasteiger partial charge is 0.224 e. The molecule has 0 spiro atoms. The van der Waals surface area contributed by atoms with Gasteiger partial charge in [0.25, 0.3) is 0 Å². The van der Waals surface area contributed by atoms with Crippen LogP contribution in [0, 0.1) is 0 Å². The number of benzene rings is 1. The number of amides is 1. The molecule has 1 aromatic rings. The lowest BCUT2D eigenvalue weighted by atomic mass is 10.2.